The van der Waals surface area contributed by atoms with Gasteiger partial charge in [0.2, 0.25) is 11.2 Å². The summed E-state index contributed by atoms with van der Waals surface area (Å²) < 4.78 is 9.76. The van der Waals surface area contributed by atoms with Gasteiger partial charge in [0.1, 0.15) is 23.1 Å². The topological polar surface area (TPSA) is 51.4 Å². The molecule has 0 spiro atoms. The second-order valence-electron chi connectivity index (χ2n) is 12.3. The van der Waals surface area contributed by atoms with Gasteiger partial charge in [0.05, 0.1) is 11.9 Å². The minimum atomic E-state index is -0.426. The summed E-state index contributed by atoms with van der Waals surface area (Å²) in [6.45, 7) is 9.09. The van der Waals surface area contributed by atoms with Gasteiger partial charge in [0.25, 0.3) is 0 Å². The molecule has 44 heavy (non-hydrogen) atoms. The largest absolute Gasteiger partial charge is 0.354 e. The van der Waals surface area contributed by atoms with Crippen molar-refractivity contribution in [2.45, 2.75) is 51.6 Å². The third-order valence-electron chi connectivity index (χ3n) is 10.2. The van der Waals surface area contributed by atoms with Crippen molar-refractivity contribution in [2.24, 2.45) is 0 Å². The van der Waals surface area contributed by atoms with Gasteiger partial charge in [-0.2, -0.15) is 14.2 Å². The molecule has 2 aliphatic rings. The second kappa shape index (κ2) is 8.89. The fraction of sp³-hybridized carbons (Fsp3) is 0.216. The van der Waals surface area contributed by atoms with Crippen LogP contribution in [0.4, 0.5) is 0 Å². The second-order valence-corrected chi connectivity index (χ2v) is 13.4. The van der Waals surface area contributed by atoms with Crippen LogP contribution in [-0.4, -0.2) is 19.7 Å². The number of rotatable bonds is 3. The third kappa shape index (κ3) is 3.12. The summed E-state index contributed by atoms with van der Waals surface area (Å²) in [5.74, 6) is 0. The SMILES string of the molecule is CCC1(C)n2nc(C)cc2-c2cccc[n+]2C1(C=C1c2cc3sc4ccccc4c3cc2-c2cnc3cccnc3[n+]21)CC. The Morgan fingerprint density at radius 2 is 1.73 bits per heavy atom. The molecule has 5 aromatic heterocycles. The van der Waals surface area contributed by atoms with Gasteiger partial charge in [0, 0.05) is 55.9 Å². The molecule has 0 N–H and O–H groups in total. The highest BCUT2D eigenvalue weighted by molar-refractivity contribution is 7.25. The molecule has 9 rings (SSSR count). The number of pyridine rings is 2. The van der Waals surface area contributed by atoms with Crippen LogP contribution in [0.5, 0.6) is 0 Å². The number of allylic oxidation sites excluding steroid dienone is 1. The molecule has 6 nitrogen and oxygen atoms in total. The zero-order valence-electron chi connectivity index (χ0n) is 25.2. The fourth-order valence-corrected chi connectivity index (χ4v) is 9.04. The van der Waals surface area contributed by atoms with Gasteiger partial charge in [-0.05, 0) is 67.7 Å². The highest BCUT2D eigenvalue weighted by Gasteiger charge is 2.60. The third-order valence-corrected chi connectivity index (χ3v) is 11.4. The molecule has 2 atom stereocenters. The quantitative estimate of drug-likeness (QED) is 0.199. The van der Waals surface area contributed by atoms with Gasteiger partial charge in [0.15, 0.2) is 17.4 Å². The Balaban J connectivity index is 1.43. The normalized spacial score (nSPS) is 21.1. The lowest BCUT2D eigenvalue weighted by Gasteiger charge is -2.45. The summed E-state index contributed by atoms with van der Waals surface area (Å²) in [5, 5.41) is 7.73. The molecule has 2 aromatic carbocycles. The Labute approximate surface area is 259 Å². The van der Waals surface area contributed by atoms with E-state index in [2.05, 4.69) is 121 Å². The standard InChI is InChI=1S/C37H32N6S/c1-5-36(4)37(6-2,41-17-10-9-14-29(41)30-18-23(3)40-43(30)36)21-31-26-20-34-27(24-12-7-8-15-33(24)44-34)19-25(26)32-22-39-28-13-11-16-38-35(28)42(31)32/h7-22H,5-6H2,1-4H3/q+2. The molecule has 0 bridgehead atoms. The summed E-state index contributed by atoms with van der Waals surface area (Å²) >= 11 is 1.86. The van der Waals surface area contributed by atoms with Crippen LogP contribution < -0.4 is 9.13 Å². The molecule has 2 unspecified atom stereocenters. The first-order valence-corrected chi connectivity index (χ1v) is 16.2. The van der Waals surface area contributed by atoms with Crippen LogP contribution in [0.1, 0.15) is 44.9 Å². The number of aromatic nitrogens is 6. The summed E-state index contributed by atoms with van der Waals surface area (Å²) in [6, 6.07) is 26.3. The van der Waals surface area contributed by atoms with Crippen LogP contribution in [0.2, 0.25) is 0 Å². The van der Waals surface area contributed by atoms with Crippen LogP contribution in [0.3, 0.4) is 0 Å². The minimum Gasteiger partial charge on any atom is -0.245 e. The molecule has 0 fully saturated rings. The van der Waals surface area contributed by atoms with Crippen LogP contribution in [0.25, 0.3) is 59.7 Å². The molecule has 0 aliphatic carbocycles. The summed E-state index contributed by atoms with van der Waals surface area (Å²) in [6.07, 6.45) is 10.5. The van der Waals surface area contributed by atoms with E-state index in [1.54, 1.807) is 0 Å². The van der Waals surface area contributed by atoms with E-state index < -0.39 is 5.54 Å². The average Bonchev–Trinajstić information content (AvgIpc) is 3.73. The predicted molar refractivity (Wildman–Crippen MR) is 176 cm³/mol. The predicted octanol–water partition coefficient (Wildman–Crippen LogP) is 7.56. The Morgan fingerprint density at radius 3 is 2.59 bits per heavy atom. The molecule has 0 amide bonds. The minimum absolute atomic E-state index is 0.335. The zero-order chi connectivity index (χ0) is 29.8. The number of nitrogens with zero attached hydrogens (tertiary/aromatic N) is 6. The van der Waals surface area contributed by atoms with Gasteiger partial charge in [-0.3, -0.25) is 0 Å². The first-order chi connectivity index (χ1) is 21.5. The Kier molecular flexibility index (Phi) is 5.20. The molecule has 7 heteroatoms. The first-order valence-electron chi connectivity index (χ1n) is 15.4. The van der Waals surface area contributed by atoms with E-state index in [0.29, 0.717) is 0 Å². The van der Waals surface area contributed by atoms with Gasteiger partial charge < -0.3 is 0 Å². The van der Waals surface area contributed by atoms with Gasteiger partial charge in [-0.15, -0.1) is 11.3 Å². The number of thiophene rings is 1. The lowest BCUT2D eigenvalue weighted by Crippen LogP contribution is -2.70. The first kappa shape index (κ1) is 25.7. The van der Waals surface area contributed by atoms with E-state index in [0.717, 1.165) is 46.8 Å². The summed E-state index contributed by atoms with van der Waals surface area (Å²) in [7, 11) is 0. The van der Waals surface area contributed by atoms with Gasteiger partial charge in [-0.1, -0.05) is 32.0 Å². The molecule has 7 aromatic rings. The van der Waals surface area contributed by atoms with Crippen molar-refractivity contribution in [1.82, 2.24) is 19.7 Å². The average molecular weight is 593 g/mol. The number of aryl methyl sites for hydroxylation is 1. The molecule has 0 saturated heterocycles. The van der Waals surface area contributed by atoms with Gasteiger partial charge in [-0.25, -0.2) is 9.67 Å². The van der Waals surface area contributed by atoms with E-state index in [1.165, 1.54) is 37.0 Å². The van der Waals surface area contributed by atoms with Crippen molar-refractivity contribution in [3.05, 3.63) is 109 Å². The number of hydrogen-bond donors (Lipinski definition) is 0. The van der Waals surface area contributed by atoms with E-state index in [4.69, 9.17) is 15.1 Å². The van der Waals surface area contributed by atoms with Crippen molar-refractivity contribution in [2.75, 3.05) is 0 Å². The highest BCUT2D eigenvalue weighted by Crippen LogP contribution is 2.49. The molecule has 0 radical (unpaired) electrons. The zero-order valence-corrected chi connectivity index (χ0v) is 26.1. The van der Waals surface area contributed by atoms with Crippen LogP contribution in [0, 0.1) is 6.92 Å². The van der Waals surface area contributed by atoms with Crippen molar-refractivity contribution in [3.8, 4) is 22.6 Å². The number of benzene rings is 2. The van der Waals surface area contributed by atoms with Crippen molar-refractivity contribution in [1.29, 1.82) is 0 Å². The van der Waals surface area contributed by atoms with Crippen LogP contribution in [-0.2, 0) is 11.1 Å². The monoisotopic (exact) mass is 592 g/mol. The summed E-state index contributed by atoms with van der Waals surface area (Å²) in [5.41, 5.74) is 9.01. The maximum absolute atomic E-state index is 5.14. The Bertz CT molecular complexity index is 2360. The lowest BCUT2D eigenvalue weighted by atomic mass is 9.71. The van der Waals surface area contributed by atoms with Crippen LogP contribution in [0.15, 0.2) is 97.5 Å². The van der Waals surface area contributed by atoms with E-state index in [1.807, 2.05) is 29.8 Å². The van der Waals surface area contributed by atoms with Crippen molar-refractivity contribution >= 4 is 48.4 Å². The van der Waals surface area contributed by atoms with E-state index >= 15 is 0 Å². The van der Waals surface area contributed by atoms with Crippen molar-refractivity contribution in [3.63, 3.8) is 0 Å². The maximum atomic E-state index is 5.14. The Hall–Kier alpha value is -4.75. The summed E-state index contributed by atoms with van der Waals surface area (Å²) in [4.78, 5) is 9.80. The van der Waals surface area contributed by atoms with Crippen LogP contribution >= 0.6 is 11.3 Å². The van der Waals surface area contributed by atoms with E-state index in [9.17, 15) is 0 Å². The number of hydrogen-bond acceptors (Lipinski definition) is 4. The molecular formula is C37H32N6S+2. The molecule has 2 aliphatic heterocycles. The maximum Gasteiger partial charge on any atom is 0.354 e. The Morgan fingerprint density at radius 1 is 0.864 bits per heavy atom. The molecular weight excluding hydrogens is 561 g/mol. The fourth-order valence-electron chi connectivity index (χ4n) is 7.92. The molecule has 0 saturated carbocycles. The molecule has 7 heterocycles. The van der Waals surface area contributed by atoms with Gasteiger partial charge >= 0.3 is 5.65 Å². The smallest absolute Gasteiger partial charge is 0.245 e. The lowest BCUT2D eigenvalue weighted by molar-refractivity contribution is -0.761. The van der Waals surface area contributed by atoms with E-state index in [-0.39, 0.29) is 5.54 Å². The highest BCUT2D eigenvalue weighted by atomic mass is 32.1. The van der Waals surface area contributed by atoms with Crippen molar-refractivity contribution < 1.29 is 9.13 Å². The number of fused-ring (bicyclic) bond motifs is 11. The molecule has 214 valence electrons.